The van der Waals surface area contributed by atoms with Gasteiger partial charge < -0.3 is 4.90 Å². The highest BCUT2D eigenvalue weighted by Gasteiger charge is 2.47. The number of nitrogens with one attached hydrogen (secondary N) is 1. The largest absolute Gasteiger partial charge is 0.323 e. The molecule has 0 radical (unpaired) electrons. The molecule has 4 heterocycles. The molecular weight excluding hydrogens is 468 g/mol. The number of nitrogens with zero attached hydrogens (tertiary/aromatic N) is 6. The topological polar surface area (TPSA) is 126 Å². The number of anilines is 1. The Hall–Kier alpha value is -4.46. The molecule has 2 amide bonds. The van der Waals surface area contributed by atoms with Gasteiger partial charge in [-0.1, -0.05) is 5.92 Å². The lowest BCUT2D eigenvalue weighted by Crippen LogP contribution is -2.53. The summed E-state index contributed by atoms with van der Waals surface area (Å²) in [6.45, 7) is 4.10. The molecule has 2 aromatic rings. The number of nitrogens with two attached hydrogens (primary N) is 1. The van der Waals surface area contributed by atoms with Crippen LogP contribution in [0.3, 0.4) is 0 Å². The van der Waals surface area contributed by atoms with Crippen molar-refractivity contribution in [1.82, 2.24) is 14.9 Å². The zero-order chi connectivity index (χ0) is 26.0. The van der Waals surface area contributed by atoms with E-state index in [4.69, 9.17) is 10.8 Å². The standard InChI is InChI=1S/C27H26N8O2/c1-3-6-23(36)34-15-5-4-7-21(34)24-22-17-29-14-16-35(22,28)25(32-24)19-8-10-20(11-9-19)26(37)33-27-30-13-12-18(2)31-27/h8-14,16-17,21H,4-5,7,15,28H2,1-2H3/p+1. The normalized spacial score (nSPS) is 22.2. The molecule has 2 atom stereocenters. The molecule has 1 aromatic carbocycles. The summed E-state index contributed by atoms with van der Waals surface area (Å²) in [5, 5.41) is 2.71. The fourth-order valence-corrected chi connectivity index (χ4v) is 4.74. The number of amides is 2. The van der Waals surface area contributed by atoms with Crippen LogP contribution in [-0.2, 0) is 4.79 Å². The first-order valence-corrected chi connectivity index (χ1v) is 12.1. The average Bonchev–Trinajstić information content (AvgIpc) is 3.21. The zero-order valence-electron chi connectivity index (χ0n) is 20.7. The Morgan fingerprint density at radius 2 is 2.00 bits per heavy atom. The number of fused-ring (bicyclic) bond motifs is 1. The van der Waals surface area contributed by atoms with E-state index in [0.717, 1.165) is 36.2 Å². The van der Waals surface area contributed by atoms with Gasteiger partial charge >= 0.3 is 0 Å². The Balaban J connectivity index is 1.45. The fourth-order valence-electron chi connectivity index (χ4n) is 4.74. The first-order valence-electron chi connectivity index (χ1n) is 12.1. The molecule has 0 spiro atoms. The molecule has 1 fully saturated rings. The second-order valence-electron chi connectivity index (χ2n) is 9.00. The van der Waals surface area contributed by atoms with Crippen LogP contribution in [0.1, 0.15) is 47.8 Å². The van der Waals surface area contributed by atoms with Crippen LogP contribution in [-0.4, -0.2) is 55.9 Å². The maximum atomic E-state index is 12.8. The number of likely N-dealkylation sites (tertiary alicyclic amines) is 1. The third-order valence-electron chi connectivity index (χ3n) is 6.56. The van der Waals surface area contributed by atoms with Crippen molar-refractivity contribution < 1.29 is 14.2 Å². The molecule has 10 heteroatoms. The number of benzene rings is 1. The van der Waals surface area contributed by atoms with Crippen molar-refractivity contribution in [2.45, 2.75) is 39.2 Å². The van der Waals surface area contributed by atoms with Crippen molar-refractivity contribution in [3.05, 3.63) is 77.1 Å². The SMILES string of the molecule is CC#CC(=O)N1CCCCC1C1=C2C=NC=C[N+]2(N)C(c2ccc(C(=O)Nc3nccc(C)n3)cc2)=N1. The molecular formula is C27H27N8O2+. The van der Waals surface area contributed by atoms with E-state index in [1.807, 2.05) is 19.1 Å². The third kappa shape index (κ3) is 4.58. The minimum absolute atomic E-state index is 0.167. The van der Waals surface area contributed by atoms with Crippen LogP contribution < -0.4 is 11.2 Å². The average molecular weight is 496 g/mol. The number of quaternary nitrogens is 1. The van der Waals surface area contributed by atoms with Crippen molar-refractivity contribution in [3.63, 3.8) is 0 Å². The van der Waals surface area contributed by atoms with Crippen LogP contribution in [0.15, 0.2) is 70.3 Å². The molecule has 37 heavy (non-hydrogen) atoms. The molecule has 0 bridgehead atoms. The van der Waals surface area contributed by atoms with Gasteiger partial charge in [-0.2, -0.15) is 10.8 Å². The van der Waals surface area contributed by atoms with E-state index in [0.29, 0.717) is 23.6 Å². The number of hydrogen-bond donors (Lipinski definition) is 2. The van der Waals surface area contributed by atoms with Crippen molar-refractivity contribution in [2.24, 2.45) is 15.8 Å². The summed E-state index contributed by atoms with van der Waals surface area (Å²) in [6.07, 6.45) is 9.36. The van der Waals surface area contributed by atoms with Crippen LogP contribution in [0.5, 0.6) is 0 Å². The predicted molar refractivity (Wildman–Crippen MR) is 140 cm³/mol. The second-order valence-corrected chi connectivity index (χ2v) is 9.00. The molecule has 1 saturated heterocycles. The predicted octanol–water partition coefficient (Wildman–Crippen LogP) is 2.66. The minimum Gasteiger partial charge on any atom is -0.323 e. The van der Waals surface area contributed by atoms with E-state index in [1.165, 1.54) is 0 Å². The smallest absolute Gasteiger partial charge is 0.299 e. The van der Waals surface area contributed by atoms with Crippen LogP contribution in [0.2, 0.25) is 0 Å². The summed E-state index contributed by atoms with van der Waals surface area (Å²) < 4.78 is -0.167. The van der Waals surface area contributed by atoms with E-state index >= 15 is 0 Å². The van der Waals surface area contributed by atoms with Gasteiger partial charge in [0, 0.05) is 24.0 Å². The molecule has 3 aliphatic rings. The Morgan fingerprint density at radius 3 is 2.76 bits per heavy atom. The van der Waals surface area contributed by atoms with E-state index in [1.54, 1.807) is 54.8 Å². The summed E-state index contributed by atoms with van der Waals surface area (Å²) in [7, 11) is 0. The summed E-state index contributed by atoms with van der Waals surface area (Å²) in [5.41, 5.74) is 3.39. The lowest BCUT2D eigenvalue weighted by atomic mass is 9.98. The molecule has 3 aliphatic heterocycles. The molecule has 3 N–H and O–H groups in total. The lowest BCUT2D eigenvalue weighted by Gasteiger charge is -2.34. The molecule has 186 valence electrons. The number of carbonyl (C=O) groups is 2. The first-order chi connectivity index (χ1) is 17.9. The summed E-state index contributed by atoms with van der Waals surface area (Å²) in [4.78, 5) is 44.8. The highest BCUT2D eigenvalue weighted by molar-refractivity contribution is 6.05. The Labute approximate surface area is 214 Å². The number of carbonyl (C=O) groups excluding carboxylic acids is 2. The van der Waals surface area contributed by atoms with Crippen molar-refractivity contribution in [3.8, 4) is 11.8 Å². The summed E-state index contributed by atoms with van der Waals surface area (Å²) >= 11 is 0. The van der Waals surface area contributed by atoms with Gasteiger partial charge in [-0.25, -0.2) is 9.97 Å². The zero-order valence-corrected chi connectivity index (χ0v) is 20.7. The van der Waals surface area contributed by atoms with Gasteiger partial charge in [0.1, 0.15) is 11.9 Å². The van der Waals surface area contributed by atoms with Crippen molar-refractivity contribution >= 4 is 29.8 Å². The highest BCUT2D eigenvalue weighted by Crippen LogP contribution is 2.36. The molecule has 10 nitrogen and oxygen atoms in total. The summed E-state index contributed by atoms with van der Waals surface area (Å²) in [5.74, 6) is 12.5. The Bertz CT molecular complexity index is 1440. The van der Waals surface area contributed by atoms with Gasteiger partial charge in [-0.05, 0) is 69.4 Å². The van der Waals surface area contributed by atoms with Crippen LogP contribution in [0, 0.1) is 18.8 Å². The number of aryl methyl sites for hydroxylation is 1. The number of rotatable bonds is 4. The summed E-state index contributed by atoms with van der Waals surface area (Å²) in [6, 6.07) is 8.56. The Morgan fingerprint density at radius 1 is 1.19 bits per heavy atom. The number of piperidine rings is 1. The van der Waals surface area contributed by atoms with E-state index in [-0.39, 0.29) is 28.4 Å². The van der Waals surface area contributed by atoms with Gasteiger partial charge in [-0.15, -0.1) is 4.59 Å². The van der Waals surface area contributed by atoms with Crippen LogP contribution in [0.4, 0.5) is 5.95 Å². The number of allylic oxidation sites excluding steroid dienone is 1. The van der Waals surface area contributed by atoms with E-state index < -0.39 is 0 Å². The number of aliphatic imine (C=N–C) groups is 2. The van der Waals surface area contributed by atoms with Gasteiger partial charge in [0.25, 0.3) is 17.6 Å². The van der Waals surface area contributed by atoms with Crippen LogP contribution >= 0.6 is 0 Å². The highest BCUT2D eigenvalue weighted by atomic mass is 16.2. The fraction of sp³-hybridized carbons (Fsp3) is 0.259. The van der Waals surface area contributed by atoms with Crippen molar-refractivity contribution in [2.75, 3.05) is 11.9 Å². The number of aromatic nitrogens is 2. The van der Waals surface area contributed by atoms with Crippen molar-refractivity contribution in [1.29, 1.82) is 0 Å². The molecule has 2 unspecified atom stereocenters. The second kappa shape index (κ2) is 9.89. The van der Waals surface area contributed by atoms with Gasteiger partial charge in [0.05, 0.1) is 24.0 Å². The lowest BCUT2D eigenvalue weighted by molar-refractivity contribution is -0.750. The van der Waals surface area contributed by atoms with Gasteiger partial charge in [0.2, 0.25) is 11.6 Å². The van der Waals surface area contributed by atoms with Gasteiger partial charge in [0.15, 0.2) is 0 Å². The number of amidine groups is 1. The molecule has 0 aliphatic carbocycles. The van der Waals surface area contributed by atoms with E-state index in [2.05, 4.69) is 32.1 Å². The molecule has 5 rings (SSSR count). The monoisotopic (exact) mass is 495 g/mol. The van der Waals surface area contributed by atoms with E-state index in [9.17, 15) is 9.59 Å². The van der Waals surface area contributed by atoms with Gasteiger partial charge in [-0.3, -0.25) is 19.9 Å². The Kier molecular flexibility index (Phi) is 6.48. The maximum Gasteiger partial charge on any atom is 0.299 e. The first kappa shape index (κ1) is 24.2. The maximum absolute atomic E-state index is 12.8. The van der Waals surface area contributed by atoms with Crippen LogP contribution in [0.25, 0.3) is 0 Å². The molecule has 0 saturated carbocycles. The number of hydrogen-bond acceptors (Lipinski definition) is 7. The quantitative estimate of drug-likeness (QED) is 0.383. The minimum atomic E-state index is -0.319. The third-order valence-corrected chi connectivity index (χ3v) is 6.56. The molecule has 1 aromatic heterocycles.